The van der Waals surface area contributed by atoms with Crippen molar-refractivity contribution in [3.05, 3.63) is 60.6 Å². The van der Waals surface area contributed by atoms with Crippen molar-refractivity contribution in [3.63, 3.8) is 0 Å². The predicted molar refractivity (Wildman–Crippen MR) is 100 cm³/mol. The van der Waals surface area contributed by atoms with Gasteiger partial charge < -0.3 is 15.4 Å². The maximum absolute atomic E-state index is 12.1. The molecule has 0 unspecified atom stereocenters. The van der Waals surface area contributed by atoms with Crippen LogP contribution in [0.3, 0.4) is 0 Å². The molecule has 6 heteroatoms. The zero-order valence-electron chi connectivity index (χ0n) is 14.3. The fourth-order valence-electron chi connectivity index (χ4n) is 2.70. The molecule has 0 saturated heterocycles. The Labute approximate surface area is 151 Å². The first-order valence-corrected chi connectivity index (χ1v) is 8.77. The van der Waals surface area contributed by atoms with E-state index >= 15 is 0 Å². The van der Waals surface area contributed by atoms with Gasteiger partial charge in [-0.1, -0.05) is 18.2 Å². The van der Waals surface area contributed by atoms with Crippen LogP contribution in [0.4, 0.5) is 5.69 Å². The number of nitrogens with zero attached hydrogens (tertiary/aromatic N) is 2. The van der Waals surface area contributed by atoms with Crippen molar-refractivity contribution in [1.82, 2.24) is 15.3 Å². The molecule has 0 aliphatic heterocycles. The van der Waals surface area contributed by atoms with Crippen LogP contribution in [0.5, 0.6) is 5.75 Å². The second-order valence-corrected chi connectivity index (χ2v) is 6.28. The zero-order valence-corrected chi connectivity index (χ0v) is 14.3. The molecule has 132 valence electrons. The number of rotatable bonds is 7. The Hall–Kier alpha value is -3.15. The Kier molecular flexibility index (Phi) is 4.64. The molecule has 2 heterocycles. The van der Waals surface area contributed by atoms with E-state index in [4.69, 9.17) is 4.74 Å². The molecule has 26 heavy (non-hydrogen) atoms. The van der Waals surface area contributed by atoms with E-state index < -0.39 is 0 Å². The summed E-state index contributed by atoms with van der Waals surface area (Å²) < 4.78 is 5.86. The summed E-state index contributed by atoms with van der Waals surface area (Å²) in [5, 5.41) is 7.26. The van der Waals surface area contributed by atoms with Crippen molar-refractivity contribution in [2.45, 2.75) is 18.9 Å². The van der Waals surface area contributed by atoms with E-state index in [1.165, 1.54) is 0 Å². The summed E-state index contributed by atoms with van der Waals surface area (Å²) in [5.41, 5.74) is 2.14. The SMILES string of the molecule is O=C(NC1CC1)c1cc(NCCOc2cccc3cccnc23)ccn1. The van der Waals surface area contributed by atoms with Crippen LogP contribution in [0, 0.1) is 0 Å². The van der Waals surface area contributed by atoms with Crippen LogP contribution in [-0.4, -0.2) is 35.1 Å². The van der Waals surface area contributed by atoms with Crippen molar-refractivity contribution >= 4 is 22.5 Å². The lowest BCUT2D eigenvalue weighted by Crippen LogP contribution is -2.26. The lowest BCUT2D eigenvalue weighted by molar-refractivity contribution is 0.0946. The van der Waals surface area contributed by atoms with Crippen LogP contribution >= 0.6 is 0 Å². The zero-order chi connectivity index (χ0) is 17.8. The number of carbonyl (C=O) groups excluding carboxylic acids is 1. The van der Waals surface area contributed by atoms with Gasteiger partial charge in [-0.3, -0.25) is 14.8 Å². The lowest BCUT2D eigenvalue weighted by Gasteiger charge is -2.11. The van der Waals surface area contributed by atoms with Crippen LogP contribution in [0.25, 0.3) is 10.9 Å². The summed E-state index contributed by atoms with van der Waals surface area (Å²) in [6.07, 6.45) is 5.52. The van der Waals surface area contributed by atoms with Gasteiger partial charge >= 0.3 is 0 Å². The van der Waals surface area contributed by atoms with Gasteiger partial charge in [-0.05, 0) is 37.1 Å². The molecule has 1 aromatic carbocycles. The Morgan fingerprint density at radius 3 is 2.88 bits per heavy atom. The minimum atomic E-state index is -0.116. The maximum atomic E-state index is 12.1. The molecule has 1 aliphatic rings. The highest BCUT2D eigenvalue weighted by atomic mass is 16.5. The predicted octanol–water partition coefficient (Wildman–Crippen LogP) is 3.01. The Morgan fingerprint density at radius 2 is 2.00 bits per heavy atom. The summed E-state index contributed by atoms with van der Waals surface area (Å²) in [6.45, 7) is 1.10. The molecule has 4 rings (SSSR count). The van der Waals surface area contributed by atoms with Crippen LogP contribution in [0.1, 0.15) is 23.3 Å². The van der Waals surface area contributed by atoms with Gasteiger partial charge in [0.1, 0.15) is 23.6 Å². The van der Waals surface area contributed by atoms with Gasteiger partial charge in [0.15, 0.2) is 0 Å². The van der Waals surface area contributed by atoms with Crippen molar-refractivity contribution < 1.29 is 9.53 Å². The van der Waals surface area contributed by atoms with E-state index in [2.05, 4.69) is 20.6 Å². The summed E-state index contributed by atoms with van der Waals surface area (Å²) >= 11 is 0. The van der Waals surface area contributed by atoms with Gasteiger partial charge in [0.2, 0.25) is 0 Å². The number of anilines is 1. The van der Waals surface area contributed by atoms with Gasteiger partial charge in [0.25, 0.3) is 5.91 Å². The molecule has 0 bridgehead atoms. The highest BCUT2D eigenvalue weighted by molar-refractivity contribution is 5.93. The Morgan fingerprint density at radius 1 is 1.12 bits per heavy atom. The summed E-state index contributed by atoms with van der Waals surface area (Å²) in [4.78, 5) is 20.6. The molecule has 2 aromatic heterocycles. The number of pyridine rings is 2. The average Bonchev–Trinajstić information content (AvgIpc) is 3.49. The van der Waals surface area contributed by atoms with Gasteiger partial charge in [-0.15, -0.1) is 0 Å². The number of fused-ring (bicyclic) bond motifs is 1. The van der Waals surface area contributed by atoms with Gasteiger partial charge in [0, 0.05) is 36.1 Å². The number of benzene rings is 1. The van der Waals surface area contributed by atoms with E-state index in [0.717, 1.165) is 35.2 Å². The third-order valence-corrected chi connectivity index (χ3v) is 4.19. The fourth-order valence-corrected chi connectivity index (χ4v) is 2.70. The standard InChI is InChI=1S/C20H20N4O2/c25-20(24-15-6-7-15)17-13-16(8-10-22-17)21-11-12-26-18-5-1-3-14-4-2-9-23-19(14)18/h1-5,8-10,13,15H,6-7,11-12H2,(H,21,22)(H,24,25). The second-order valence-electron chi connectivity index (χ2n) is 6.28. The van der Waals surface area contributed by atoms with E-state index in [0.29, 0.717) is 24.9 Å². The number of aromatic nitrogens is 2. The Balaban J connectivity index is 1.32. The molecule has 1 fully saturated rings. The van der Waals surface area contributed by atoms with E-state index in [-0.39, 0.29) is 5.91 Å². The van der Waals surface area contributed by atoms with Crippen molar-refractivity contribution in [2.24, 2.45) is 0 Å². The lowest BCUT2D eigenvalue weighted by atomic mass is 10.2. The quantitative estimate of drug-likeness (QED) is 0.642. The molecule has 3 aromatic rings. The fraction of sp³-hybridized carbons (Fsp3) is 0.250. The number of ether oxygens (including phenoxy) is 1. The third-order valence-electron chi connectivity index (χ3n) is 4.19. The molecular formula is C20H20N4O2. The number of hydrogen-bond donors (Lipinski definition) is 2. The third kappa shape index (κ3) is 3.91. The molecule has 6 nitrogen and oxygen atoms in total. The topological polar surface area (TPSA) is 76.1 Å². The average molecular weight is 348 g/mol. The van der Waals surface area contributed by atoms with E-state index in [1.54, 1.807) is 18.5 Å². The molecule has 1 amide bonds. The highest BCUT2D eigenvalue weighted by Gasteiger charge is 2.24. The van der Waals surface area contributed by atoms with Crippen LogP contribution in [-0.2, 0) is 0 Å². The summed E-state index contributed by atoms with van der Waals surface area (Å²) in [7, 11) is 0. The molecule has 0 radical (unpaired) electrons. The number of para-hydroxylation sites is 1. The van der Waals surface area contributed by atoms with Gasteiger partial charge in [-0.25, -0.2) is 0 Å². The van der Waals surface area contributed by atoms with Gasteiger partial charge in [0.05, 0.1) is 0 Å². The van der Waals surface area contributed by atoms with E-state index in [1.807, 2.05) is 36.4 Å². The Bertz CT molecular complexity index is 919. The normalized spacial score (nSPS) is 13.4. The smallest absolute Gasteiger partial charge is 0.270 e. The number of nitrogens with one attached hydrogen (secondary N) is 2. The second kappa shape index (κ2) is 7.39. The first kappa shape index (κ1) is 16.3. The summed E-state index contributed by atoms with van der Waals surface area (Å²) in [5.74, 6) is 0.651. The van der Waals surface area contributed by atoms with Gasteiger partial charge in [-0.2, -0.15) is 0 Å². The van der Waals surface area contributed by atoms with Crippen molar-refractivity contribution in [2.75, 3.05) is 18.5 Å². The molecular weight excluding hydrogens is 328 g/mol. The highest BCUT2D eigenvalue weighted by Crippen LogP contribution is 2.23. The van der Waals surface area contributed by atoms with E-state index in [9.17, 15) is 4.79 Å². The molecule has 1 aliphatic carbocycles. The molecule has 0 spiro atoms. The largest absolute Gasteiger partial charge is 0.489 e. The van der Waals surface area contributed by atoms with Crippen molar-refractivity contribution in [1.29, 1.82) is 0 Å². The van der Waals surface area contributed by atoms with Crippen LogP contribution in [0.15, 0.2) is 54.9 Å². The number of carbonyl (C=O) groups is 1. The first-order valence-electron chi connectivity index (χ1n) is 8.77. The van der Waals surface area contributed by atoms with Crippen molar-refractivity contribution in [3.8, 4) is 5.75 Å². The molecule has 2 N–H and O–H groups in total. The minimum Gasteiger partial charge on any atom is -0.489 e. The van der Waals surface area contributed by atoms with Crippen LogP contribution in [0.2, 0.25) is 0 Å². The monoisotopic (exact) mass is 348 g/mol. The first-order chi connectivity index (χ1) is 12.8. The molecule has 1 saturated carbocycles. The molecule has 0 atom stereocenters. The number of amides is 1. The number of hydrogen-bond acceptors (Lipinski definition) is 5. The maximum Gasteiger partial charge on any atom is 0.270 e. The summed E-state index contributed by atoms with van der Waals surface area (Å²) in [6, 6.07) is 13.7. The minimum absolute atomic E-state index is 0.116. The van der Waals surface area contributed by atoms with Crippen LogP contribution < -0.4 is 15.4 Å².